The quantitative estimate of drug-likeness (QED) is 0.682. The summed E-state index contributed by atoms with van der Waals surface area (Å²) < 4.78 is 0. The smallest absolute Gasteiger partial charge is 0.155 e. The molecule has 4 rings (SSSR count). The molecule has 26 heavy (non-hydrogen) atoms. The molecule has 3 heteroatoms. The van der Waals surface area contributed by atoms with Crippen LogP contribution in [0.25, 0.3) is 5.57 Å². The van der Waals surface area contributed by atoms with Crippen molar-refractivity contribution in [1.29, 1.82) is 0 Å². The minimum atomic E-state index is 0.238. The summed E-state index contributed by atoms with van der Waals surface area (Å²) in [5.74, 6) is 2.50. The van der Waals surface area contributed by atoms with E-state index in [1.165, 1.54) is 30.4 Å². The Labute approximate surface area is 157 Å². The molecule has 0 radical (unpaired) electrons. The second-order valence-electron chi connectivity index (χ2n) is 8.79. The fraction of sp³-hybridized carbons (Fsp3) is 0.609. The van der Waals surface area contributed by atoms with E-state index in [0.717, 1.165) is 43.7 Å². The zero-order chi connectivity index (χ0) is 18.1. The van der Waals surface area contributed by atoms with E-state index < -0.39 is 0 Å². The molecule has 0 spiro atoms. The van der Waals surface area contributed by atoms with E-state index in [-0.39, 0.29) is 5.41 Å². The van der Waals surface area contributed by atoms with Gasteiger partial charge in [0.05, 0.1) is 11.9 Å². The van der Waals surface area contributed by atoms with Gasteiger partial charge in [-0.2, -0.15) is 0 Å². The predicted octanol–water partition coefficient (Wildman–Crippen LogP) is 5.39. The lowest BCUT2D eigenvalue weighted by atomic mass is 9.53. The van der Waals surface area contributed by atoms with E-state index in [2.05, 4.69) is 29.9 Å². The van der Waals surface area contributed by atoms with E-state index in [9.17, 15) is 4.79 Å². The number of carbonyl (C=O) groups is 1. The summed E-state index contributed by atoms with van der Waals surface area (Å²) >= 11 is 0. The molecule has 1 heterocycles. The minimum Gasteiger partial charge on any atom is -0.295 e. The van der Waals surface area contributed by atoms with Crippen LogP contribution in [0.3, 0.4) is 0 Å². The molecule has 3 aliphatic rings. The molecule has 3 nitrogen and oxygen atoms in total. The van der Waals surface area contributed by atoms with Crippen molar-refractivity contribution < 1.29 is 4.79 Å². The molecule has 1 saturated carbocycles. The Balaban J connectivity index is 1.61. The number of hydrogen-bond acceptors (Lipinski definition) is 3. The van der Waals surface area contributed by atoms with Crippen LogP contribution in [-0.4, -0.2) is 15.8 Å². The van der Waals surface area contributed by atoms with Crippen LogP contribution in [0.1, 0.15) is 70.9 Å². The lowest BCUT2D eigenvalue weighted by Gasteiger charge is -2.51. The van der Waals surface area contributed by atoms with Crippen molar-refractivity contribution in [3.63, 3.8) is 0 Å². The van der Waals surface area contributed by atoms with Gasteiger partial charge in [-0.05, 0) is 79.8 Å². The first-order chi connectivity index (χ1) is 12.6. The van der Waals surface area contributed by atoms with Gasteiger partial charge >= 0.3 is 0 Å². The Morgan fingerprint density at radius 1 is 1.15 bits per heavy atom. The monoisotopic (exact) mass is 350 g/mol. The van der Waals surface area contributed by atoms with Crippen LogP contribution in [-0.2, 0) is 4.79 Å². The van der Waals surface area contributed by atoms with Crippen LogP contribution in [0.4, 0.5) is 0 Å². The minimum absolute atomic E-state index is 0.238. The third kappa shape index (κ3) is 3.17. The van der Waals surface area contributed by atoms with Gasteiger partial charge in [-0.15, -0.1) is 0 Å². The van der Waals surface area contributed by atoms with Crippen LogP contribution < -0.4 is 0 Å². The highest BCUT2D eigenvalue weighted by molar-refractivity contribution is 5.91. The maximum Gasteiger partial charge on any atom is 0.155 e. The molecule has 1 aromatic heterocycles. The number of rotatable bonds is 1. The molecule has 1 fully saturated rings. The molecule has 0 aliphatic heterocycles. The number of allylic oxidation sites excluding steroid dienone is 4. The van der Waals surface area contributed by atoms with Gasteiger partial charge < -0.3 is 0 Å². The van der Waals surface area contributed by atoms with E-state index in [0.29, 0.717) is 17.6 Å². The number of aromatic nitrogens is 2. The van der Waals surface area contributed by atoms with E-state index in [1.807, 2.05) is 12.3 Å². The predicted molar refractivity (Wildman–Crippen MR) is 104 cm³/mol. The third-order valence-electron chi connectivity index (χ3n) is 7.36. The largest absolute Gasteiger partial charge is 0.295 e. The van der Waals surface area contributed by atoms with Crippen LogP contribution in [0.5, 0.6) is 0 Å². The number of nitrogens with zero attached hydrogens (tertiary/aromatic N) is 2. The van der Waals surface area contributed by atoms with Gasteiger partial charge in [-0.25, -0.2) is 0 Å². The second kappa shape index (κ2) is 7.09. The molecule has 0 amide bonds. The van der Waals surface area contributed by atoms with Crippen molar-refractivity contribution in [3.05, 3.63) is 42.0 Å². The number of hydrogen-bond donors (Lipinski definition) is 0. The lowest BCUT2D eigenvalue weighted by Crippen LogP contribution is -2.43. The SMILES string of the molecule is CC1CC=C(c2cnccn2)CCCC2C1CCC1=CC(=O)CCC12C. The van der Waals surface area contributed by atoms with Crippen molar-refractivity contribution in [2.75, 3.05) is 0 Å². The van der Waals surface area contributed by atoms with E-state index >= 15 is 0 Å². The highest BCUT2D eigenvalue weighted by Gasteiger charge is 2.47. The summed E-state index contributed by atoms with van der Waals surface area (Å²) in [7, 11) is 0. The summed E-state index contributed by atoms with van der Waals surface area (Å²) in [6.45, 7) is 4.88. The second-order valence-corrected chi connectivity index (χ2v) is 8.79. The van der Waals surface area contributed by atoms with Crippen LogP contribution in [0, 0.1) is 23.2 Å². The maximum atomic E-state index is 12.0. The Morgan fingerprint density at radius 2 is 2.04 bits per heavy atom. The molecule has 0 aromatic carbocycles. The first-order valence-corrected chi connectivity index (χ1v) is 10.3. The third-order valence-corrected chi connectivity index (χ3v) is 7.36. The molecule has 0 bridgehead atoms. The molecular formula is C23H30N2O. The van der Waals surface area contributed by atoms with Crippen molar-refractivity contribution >= 4 is 11.4 Å². The average molecular weight is 351 g/mol. The van der Waals surface area contributed by atoms with Crippen molar-refractivity contribution in [2.24, 2.45) is 23.2 Å². The number of carbonyl (C=O) groups excluding carboxylic acids is 1. The van der Waals surface area contributed by atoms with Gasteiger partial charge in [-0.3, -0.25) is 14.8 Å². The van der Waals surface area contributed by atoms with Gasteiger partial charge in [0.15, 0.2) is 5.78 Å². The first kappa shape index (κ1) is 17.6. The summed E-state index contributed by atoms with van der Waals surface area (Å²) in [5.41, 5.74) is 4.09. The van der Waals surface area contributed by atoms with Crippen molar-refractivity contribution in [2.45, 2.75) is 65.2 Å². The Morgan fingerprint density at radius 3 is 2.85 bits per heavy atom. The summed E-state index contributed by atoms with van der Waals surface area (Å²) in [5, 5.41) is 0. The fourth-order valence-corrected chi connectivity index (χ4v) is 5.78. The van der Waals surface area contributed by atoms with Crippen LogP contribution in [0.15, 0.2) is 36.3 Å². The molecular weight excluding hydrogens is 320 g/mol. The standard InChI is InChI=1S/C23H30N2O/c1-16-6-7-17(22-15-24-12-13-25-22)4-3-5-21-20(16)9-8-18-14-19(26)10-11-23(18,21)2/h7,12-16,20-21H,3-6,8-11H2,1-2H3. The molecule has 138 valence electrons. The molecule has 1 aromatic rings. The summed E-state index contributed by atoms with van der Waals surface area (Å²) in [6, 6.07) is 0. The van der Waals surface area contributed by atoms with Gasteiger partial charge in [0.25, 0.3) is 0 Å². The summed E-state index contributed by atoms with van der Waals surface area (Å²) in [6.07, 6.45) is 18.7. The Bertz CT molecular complexity index is 736. The highest BCUT2D eigenvalue weighted by atomic mass is 16.1. The molecule has 0 N–H and O–H groups in total. The maximum absolute atomic E-state index is 12.0. The average Bonchev–Trinajstić information content (AvgIpc) is 2.73. The topological polar surface area (TPSA) is 42.9 Å². The van der Waals surface area contributed by atoms with Gasteiger partial charge in [0, 0.05) is 18.8 Å². The van der Waals surface area contributed by atoms with Gasteiger partial charge in [-0.1, -0.05) is 25.5 Å². The van der Waals surface area contributed by atoms with E-state index in [1.54, 1.807) is 12.4 Å². The number of fused-ring (bicyclic) bond motifs is 3. The van der Waals surface area contributed by atoms with Crippen LogP contribution in [0.2, 0.25) is 0 Å². The van der Waals surface area contributed by atoms with E-state index in [4.69, 9.17) is 0 Å². The molecule has 4 unspecified atom stereocenters. The normalized spacial score (nSPS) is 35.2. The Kier molecular flexibility index (Phi) is 4.81. The zero-order valence-electron chi connectivity index (χ0n) is 16.1. The summed E-state index contributed by atoms with van der Waals surface area (Å²) in [4.78, 5) is 20.8. The zero-order valence-corrected chi connectivity index (χ0v) is 16.1. The van der Waals surface area contributed by atoms with Gasteiger partial charge in [0.2, 0.25) is 0 Å². The molecule has 0 saturated heterocycles. The Hall–Kier alpha value is -1.77. The van der Waals surface area contributed by atoms with Gasteiger partial charge in [0.1, 0.15) is 0 Å². The van der Waals surface area contributed by atoms with Crippen molar-refractivity contribution in [3.8, 4) is 0 Å². The fourth-order valence-electron chi connectivity index (χ4n) is 5.78. The molecule has 3 aliphatic carbocycles. The van der Waals surface area contributed by atoms with Crippen LogP contribution >= 0.6 is 0 Å². The number of ketones is 1. The molecule has 4 atom stereocenters. The highest BCUT2D eigenvalue weighted by Crippen LogP contribution is 2.56. The lowest BCUT2D eigenvalue weighted by molar-refractivity contribution is -0.116. The van der Waals surface area contributed by atoms with Crippen molar-refractivity contribution in [1.82, 2.24) is 9.97 Å². The first-order valence-electron chi connectivity index (χ1n) is 10.3.